The van der Waals surface area contributed by atoms with Gasteiger partial charge in [-0.2, -0.15) is 5.10 Å². The highest BCUT2D eigenvalue weighted by Crippen LogP contribution is 2.27. The van der Waals surface area contributed by atoms with Gasteiger partial charge in [0.15, 0.2) is 5.65 Å². The van der Waals surface area contributed by atoms with Gasteiger partial charge in [0.25, 0.3) is 0 Å². The van der Waals surface area contributed by atoms with E-state index in [9.17, 15) is 0 Å². The molecule has 3 heterocycles. The Balaban J connectivity index is 1.84. The lowest BCUT2D eigenvalue weighted by Gasteiger charge is -2.12. The van der Waals surface area contributed by atoms with E-state index in [1.54, 1.807) is 10.6 Å². The van der Waals surface area contributed by atoms with Gasteiger partial charge in [0.1, 0.15) is 5.15 Å². The van der Waals surface area contributed by atoms with E-state index in [2.05, 4.69) is 40.2 Å². The third-order valence-corrected chi connectivity index (χ3v) is 4.13. The van der Waals surface area contributed by atoms with E-state index in [1.165, 1.54) is 5.56 Å². The lowest BCUT2D eigenvalue weighted by atomic mass is 9.97. The number of aromatic nitrogens is 4. The molecule has 4 nitrogen and oxygen atoms in total. The zero-order valence-corrected chi connectivity index (χ0v) is 12.7. The van der Waals surface area contributed by atoms with Gasteiger partial charge < -0.3 is 0 Å². The van der Waals surface area contributed by atoms with Crippen molar-refractivity contribution < 1.29 is 0 Å². The first kappa shape index (κ1) is 13.2. The van der Waals surface area contributed by atoms with Crippen molar-refractivity contribution in [1.29, 1.82) is 0 Å². The number of imidazole rings is 1. The van der Waals surface area contributed by atoms with Crippen LogP contribution in [0.2, 0.25) is 5.15 Å². The standard InChI is InChI=1S/C17H13ClN4/c1-11(12-4-5-14-13(9-12)3-2-8-19-14)15-10-20-17-7-6-16(18)21-22(15)17/h2-11H,1H3. The molecule has 1 aromatic carbocycles. The molecule has 1 unspecified atom stereocenters. The summed E-state index contributed by atoms with van der Waals surface area (Å²) in [6, 6.07) is 14.0. The number of nitrogens with zero attached hydrogens (tertiary/aromatic N) is 4. The average Bonchev–Trinajstić information content (AvgIpc) is 2.96. The van der Waals surface area contributed by atoms with Crippen molar-refractivity contribution in [1.82, 2.24) is 19.6 Å². The molecule has 22 heavy (non-hydrogen) atoms. The minimum atomic E-state index is 0.158. The van der Waals surface area contributed by atoms with Crippen LogP contribution in [0, 0.1) is 0 Å². The molecule has 5 heteroatoms. The van der Waals surface area contributed by atoms with Crippen LogP contribution < -0.4 is 0 Å². The molecule has 0 saturated carbocycles. The number of rotatable bonds is 2. The first-order valence-electron chi connectivity index (χ1n) is 7.07. The third kappa shape index (κ3) is 2.12. The van der Waals surface area contributed by atoms with Crippen molar-refractivity contribution in [2.75, 3.05) is 0 Å². The number of benzene rings is 1. The van der Waals surface area contributed by atoms with Crippen LogP contribution >= 0.6 is 11.6 Å². The summed E-state index contributed by atoms with van der Waals surface area (Å²) in [6.07, 6.45) is 3.67. The predicted octanol–water partition coefficient (Wildman–Crippen LogP) is 4.08. The quantitative estimate of drug-likeness (QED) is 0.560. The SMILES string of the molecule is CC(c1ccc2ncccc2c1)c1cnc2ccc(Cl)nn12. The van der Waals surface area contributed by atoms with Crippen molar-refractivity contribution in [3.63, 3.8) is 0 Å². The van der Waals surface area contributed by atoms with E-state index >= 15 is 0 Å². The predicted molar refractivity (Wildman–Crippen MR) is 87.3 cm³/mol. The molecule has 0 aliphatic carbocycles. The Labute approximate surface area is 132 Å². The van der Waals surface area contributed by atoms with Crippen LogP contribution in [-0.2, 0) is 0 Å². The van der Waals surface area contributed by atoms with E-state index in [1.807, 2.05) is 30.6 Å². The van der Waals surface area contributed by atoms with Gasteiger partial charge in [0, 0.05) is 17.5 Å². The Hall–Kier alpha value is -2.46. The number of halogens is 1. The molecule has 0 saturated heterocycles. The first-order valence-corrected chi connectivity index (χ1v) is 7.45. The molecule has 4 aromatic rings. The summed E-state index contributed by atoms with van der Waals surface area (Å²) in [7, 11) is 0. The monoisotopic (exact) mass is 308 g/mol. The highest BCUT2D eigenvalue weighted by molar-refractivity contribution is 6.29. The second-order valence-electron chi connectivity index (χ2n) is 5.29. The number of hydrogen-bond acceptors (Lipinski definition) is 3. The molecule has 108 valence electrons. The minimum absolute atomic E-state index is 0.158. The van der Waals surface area contributed by atoms with Gasteiger partial charge >= 0.3 is 0 Å². The normalized spacial score (nSPS) is 12.8. The second-order valence-corrected chi connectivity index (χ2v) is 5.67. The summed E-state index contributed by atoms with van der Waals surface area (Å²) in [6.45, 7) is 2.14. The molecule has 3 aromatic heterocycles. The number of fused-ring (bicyclic) bond motifs is 2. The molecular formula is C17H13ClN4. The van der Waals surface area contributed by atoms with E-state index < -0.39 is 0 Å². The Kier molecular flexibility index (Phi) is 3.05. The minimum Gasteiger partial charge on any atom is -0.256 e. The molecule has 0 spiro atoms. The van der Waals surface area contributed by atoms with Crippen molar-refractivity contribution in [2.45, 2.75) is 12.8 Å². The zero-order chi connectivity index (χ0) is 15.1. The van der Waals surface area contributed by atoms with Crippen molar-refractivity contribution >= 4 is 28.2 Å². The fourth-order valence-electron chi connectivity index (χ4n) is 2.70. The fourth-order valence-corrected chi connectivity index (χ4v) is 2.84. The number of pyridine rings is 1. The summed E-state index contributed by atoms with van der Waals surface area (Å²) in [5.74, 6) is 0.158. The van der Waals surface area contributed by atoms with Crippen LogP contribution in [0.15, 0.2) is 54.9 Å². The molecule has 1 atom stereocenters. The Morgan fingerprint density at radius 3 is 2.91 bits per heavy atom. The van der Waals surface area contributed by atoms with Crippen molar-refractivity contribution in [3.8, 4) is 0 Å². The largest absolute Gasteiger partial charge is 0.256 e. The summed E-state index contributed by atoms with van der Waals surface area (Å²) in [4.78, 5) is 8.76. The number of hydrogen-bond donors (Lipinski definition) is 0. The van der Waals surface area contributed by atoms with Gasteiger partial charge in [-0.05, 0) is 35.9 Å². The van der Waals surface area contributed by atoms with E-state index in [-0.39, 0.29) is 5.92 Å². The van der Waals surface area contributed by atoms with Crippen molar-refractivity contribution in [3.05, 3.63) is 71.3 Å². The lowest BCUT2D eigenvalue weighted by molar-refractivity contribution is 0.791. The summed E-state index contributed by atoms with van der Waals surface area (Å²) >= 11 is 6.01. The lowest BCUT2D eigenvalue weighted by Crippen LogP contribution is -2.03. The molecule has 0 N–H and O–H groups in total. The van der Waals surface area contributed by atoms with Crippen LogP contribution in [0.4, 0.5) is 0 Å². The summed E-state index contributed by atoms with van der Waals surface area (Å²) in [5, 5.41) is 5.94. The summed E-state index contributed by atoms with van der Waals surface area (Å²) in [5.41, 5.74) is 4.01. The Morgan fingerprint density at radius 2 is 2.00 bits per heavy atom. The van der Waals surface area contributed by atoms with E-state index in [0.29, 0.717) is 5.15 Å². The molecule has 0 fully saturated rings. The second kappa shape index (κ2) is 5.07. The maximum Gasteiger partial charge on any atom is 0.153 e. The van der Waals surface area contributed by atoms with Crippen LogP contribution in [0.3, 0.4) is 0 Å². The van der Waals surface area contributed by atoms with Gasteiger partial charge in [-0.15, -0.1) is 0 Å². The van der Waals surface area contributed by atoms with E-state index in [4.69, 9.17) is 11.6 Å². The van der Waals surface area contributed by atoms with Crippen LogP contribution in [-0.4, -0.2) is 19.6 Å². The highest BCUT2D eigenvalue weighted by atomic mass is 35.5. The van der Waals surface area contributed by atoms with Crippen molar-refractivity contribution in [2.24, 2.45) is 0 Å². The van der Waals surface area contributed by atoms with Crippen LogP contribution in [0.5, 0.6) is 0 Å². The smallest absolute Gasteiger partial charge is 0.153 e. The topological polar surface area (TPSA) is 43.1 Å². The third-order valence-electron chi connectivity index (χ3n) is 3.93. The first-order chi connectivity index (χ1) is 10.7. The Bertz CT molecular complexity index is 977. The van der Waals surface area contributed by atoms with E-state index in [0.717, 1.165) is 22.2 Å². The van der Waals surface area contributed by atoms with Gasteiger partial charge in [-0.25, -0.2) is 9.50 Å². The van der Waals surface area contributed by atoms with Crippen LogP contribution in [0.25, 0.3) is 16.6 Å². The molecular weight excluding hydrogens is 296 g/mol. The van der Waals surface area contributed by atoms with Gasteiger partial charge in [0.05, 0.1) is 17.4 Å². The van der Waals surface area contributed by atoms with Gasteiger partial charge in [0.2, 0.25) is 0 Å². The molecule has 0 bridgehead atoms. The maximum absolute atomic E-state index is 6.01. The van der Waals surface area contributed by atoms with Crippen LogP contribution in [0.1, 0.15) is 24.1 Å². The molecule has 0 radical (unpaired) electrons. The highest BCUT2D eigenvalue weighted by Gasteiger charge is 2.15. The molecule has 0 amide bonds. The Morgan fingerprint density at radius 1 is 1.09 bits per heavy atom. The molecule has 0 aliphatic rings. The zero-order valence-electron chi connectivity index (χ0n) is 11.9. The molecule has 0 aliphatic heterocycles. The van der Waals surface area contributed by atoms with Gasteiger partial charge in [-0.1, -0.05) is 30.7 Å². The maximum atomic E-state index is 6.01. The fraction of sp³-hybridized carbons (Fsp3) is 0.118. The average molecular weight is 309 g/mol. The summed E-state index contributed by atoms with van der Waals surface area (Å²) < 4.78 is 1.81. The van der Waals surface area contributed by atoms with Gasteiger partial charge in [-0.3, -0.25) is 4.98 Å². The molecule has 4 rings (SSSR count).